The van der Waals surface area contributed by atoms with Gasteiger partial charge in [-0.25, -0.2) is 0 Å². The van der Waals surface area contributed by atoms with E-state index in [9.17, 15) is 4.79 Å². The molecule has 0 spiro atoms. The lowest BCUT2D eigenvalue weighted by Crippen LogP contribution is -2.05. The van der Waals surface area contributed by atoms with E-state index in [0.717, 1.165) is 5.56 Å². The first-order chi connectivity index (χ1) is 7.20. The van der Waals surface area contributed by atoms with E-state index in [1.165, 1.54) is 0 Å². The molecule has 1 aromatic rings. The molecule has 2 heteroatoms. The van der Waals surface area contributed by atoms with Gasteiger partial charge < -0.3 is 5.11 Å². The van der Waals surface area contributed by atoms with Crippen LogP contribution in [0.4, 0.5) is 0 Å². The first-order valence-corrected chi connectivity index (χ1v) is 4.83. The molecule has 0 saturated heterocycles. The van der Waals surface area contributed by atoms with Crippen LogP contribution in [0.3, 0.4) is 0 Å². The number of hydrogen-bond acceptors (Lipinski definition) is 1. The summed E-state index contributed by atoms with van der Waals surface area (Å²) in [7, 11) is 0. The van der Waals surface area contributed by atoms with E-state index in [0.29, 0.717) is 0 Å². The zero-order chi connectivity index (χ0) is 11.1. The summed E-state index contributed by atoms with van der Waals surface area (Å²) in [6.07, 6.45) is 7.19. The van der Waals surface area contributed by atoms with Gasteiger partial charge in [-0.2, -0.15) is 0 Å². The van der Waals surface area contributed by atoms with Crippen molar-refractivity contribution >= 4 is 12.0 Å². The standard InChI is InChI=1S/C13H14O2/c1-11(13(14)15)7-5-6-10-12-8-3-2-4-9-12/h2-11H,1H3,(H,14,15). The second-order valence-electron chi connectivity index (χ2n) is 3.28. The van der Waals surface area contributed by atoms with Gasteiger partial charge in [0.1, 0.15) is 0 Å². The van der Waals surface area contributed by atoms with Gasteiger partial charge >= 0.3 is 5.97 Å². The van der Waals surface area contributed by atoms with Gasteiger partial charge in [0.15, 0.2) is 0 Å². The largest absolute Gasteiger partial charge is 0.481 e. The van der Waals surface area contributed by atoms with Crippen LogP contribution in [0.15, 0.2) is 48.6 Å². The van der Waals surface area contributed by atoms with Crippen LogP contribution in [0.5, 0.6) is 0 Å². The fraction of sp³-hybridized carbons (Fsp3) is 0.154. The van der Waals surface area contributed by atoms with Gasteiger partial charge in [-0.3, -0.25) is 4.79 Å². The lowest BCUT2D eigenvalue weighted by molar-refractivity contribution is -0.139. The lowest BCUT2D eigenvalue weighted by atomic mass is 10.1. The summed E-state index contributed by atoms with van der Waals surface area (Å²) in [6.45, 7) is 1.65. The lowest BCUT2D eigenvalue weighted by Gasteiger charge is -1.94. The monoisotopic (exact) mass is 202 g/mol. The van der Waals surface area contributed by atoms with Crippen LogP contribution >= 0.6 is 0 Å². The second kappa shape index (κ2) is 5.81. The SMILES string of the molecule is CC(C=CC=Cc1ccccc1)C(=O)O. The molecule has 0 aliphatic carbocycles. The van der Waals surface area contributed by atoms with Crippen LogP contribution in [-0.2, 0) is 4.79 Å². The Kier molecular flexibility index (Phi) is 4.35. The van der Waals surface area contributed by atoms with E-state index in [4.69, 9.17) is 5.11 Å². The van der Waals surface area contributed by atoms with E-state index < -0.39 is 11.9 Å². The Morgan fingerprint density at radius 2 is 1.93 bits per heavy atom. The number of rotatable bonds is 4. The number of hydrogen-bond donors (Lipinski definition) is 1. The molecular formula is C13H14O2. The molecule has 0 bridgehead atoms. The van der Waals surface area contributed by atoms with Gasteiger partial charge in [0.2, 0.25) is 0 Å². The zero-order valence-electron chi connectivity index (χ0n) is 8.63. The molecule has 15 heavy (non-hydrogen) atoms. The second-order valence-corrected chi connectivity index (χ2v) is 3.28. The van der Waals surface area contributed by atoms with Crippen molar-refractivity contribution in [3.63, 3.8) is 0 Å². The molecule has 1 N–H and O–H groups in total. The number of allylic oxidation sites excluding steroid dienone is 2. The fourth-order valence-corrected chi connectivity index (χ4v) is 1.04. The summed E-state index contributed by atoms with van der Waals surface area (Å²) in [5.74, 6) is -1.25. The molecule has 1 atom stereocenters. The van der Waals surface area contributed by atoms with Crippen LogP contribution in [-0.4, -0.2) is 11.1 Å². The summed E-state index contributed by atoms with van der Waals surface area (Å²) in [6, 6.07) is 9.86. The van der Waals surface area contributed by atoms with Crippen molar-refractivity contribution in [1.82, 2.24) is 0 Å². The Morgan fingerprint density at radius 3 is 2.53 bits per heavy atom. The van der Waals surface area contributed by atoms with Crippen LogP contribution in [0.1, 0.15) is 12.5 Å². The molecule has 78 valence electrons. The van der Waals surface area contributed by atoms with Crippen molar-refractivity contribution in [1.29, 1.82) is 0 Å². The van der Waals surface area contributed by atoms with Crippen molar-refractivity contribution < 1.29 is 9.90 Å². The first-order valence-electron chi connectivity index (χ1n) is 4.83. The molecular weight excluding hydrogens is 188 g/mol. The van der Waals surface area contributed by atoms with Gasteiger partial charge in [-0.15, -0.1) is 0 Å². The molecule has 1 unspecified atom stereocenters. The van der Waals surface area contributed by atoms with E-state index in [1.54, 1.807) is 19.1 Å². The normalized spacial score (nSPS) is 13.4. The predicted molar refractivity (Wildman–Crippen MR) is 61.4 cm³/mol. The molecule has 0 radical (unpaired) electrons. The predicted octanol–water partition coefficient (Wildman–Crippen LogP) is 2.98. The summed E-state index contributed by atoms with van der Waals surface area (Å²) >= 11 is 0. The maximum Gasteiger partial charge on any atom is 0.310 e. The van der Waals surface area contributed by atoms with Gasteiger partial charge in [0.05, 0.1) is 5.92 Å². The number of aliphatic carboxylic acids is 1. The highest BCUT2D eigenvalue weighted by Gasteiger charge is 2.03. The molecule has 0 aromatic heterocycles. The average Bonchev–Trinajstić information content (AvgIpc) is 2.25. The third-order valence-electron chi connectivity index (χ3n) is 1.99. The van der Waals surface area contributed by atoms with Crippen molar-refractivity contribution in [2.75, 3.05) is 0 Å². The Balaban J connectivity index is 2.50. The third kappa shape index (κ3) is 4.27. The summed E-state index contributed by atoms with van der Waals surface area (Å²) < 4.78 is 0. The van der Waals surface area contributed by atoms with E-state index in [2.05, 4.69) is 0 Å². The minimum absolute atomic E-state index is 0.439. The quantitative estimate of drug-likeness (QED) is 0.762. The van der Waals surface area contributed by atoms with Crippen LogP contribution in [0.25, 0.3) is 6.08 Å². The number of carboxylic acid groups (broad SMARTS) is 1. The topological polar surface area (TPSA) is 37.3 Å². The molecule has 0 fully saturated rings. The van der Waals surface area contributed by atoms with Crippen molar-refractivity contribution in [2.45, 2.75) is 6.92 Å². The summed E-state index contributed by atoms with van der Waals surface area (Å²) in [5.41, 5.74) is 1.10. The molecule has 0 heterocycles. The minimum atomic E-state index is -0.806. The molecule has 0 aliphatic heterocycles. The first kappa shape index (κ1) is 11.2. The summed E-state index contributed by atoms with van der Waals surface area (Å²) in [4.78, 5) is 10.5. The maximum absolute atomic E-state index is 10.5. The third-order valence-corrected chi connectivity index (χ3v) is 1.99. The van der Waals surface area contributed by atoms with Crippen LogP contribution < -0.4 is 0 Å². The Morgan fingerprint density at radius 1 is 1.27 bits per heavy atom. The maximum atomic E-state index is 10.5. The van der Waals surface area contributed by atoms with Gasteiger partial charge in [0.25, 0.3) is 0 Å². The Labute approximate surface area is 89.6 Å². The van der Waals surface area contributed by atoms with E-state index in [1.807, 2.05) is 42.5 Å². The Hall–Kier alpha value is -1.83. The summed E-state index contributed by atoms with van der Waals surface area (Å²) in [5, 5.41) is 8.62. The fourth-order valence-electron chi connectivity index (χ4n) is 1.04. The van der Waals surface area contributed by atoms with Crippen molar-refractivity contribution in [2.24, 2.45) is 5.92 Å². The van der Waals surface area contributed by atoms with Gasteiger partial charge in [0, 0.05) is 0 Å². The molecule has 0 aliphatic rings. The molecule has 1 aromatic carbocycles. The van der Waals surface area contributed by atoms with Crippen molar-refractivity contribution in [3.8, 4) is 0 Å². The minimum Gasteiger partial charge on any atom is -0.481 e. The molecule has 0 amide bonds. The number of carbonyl (C=O) groups is 1. The molecule has 2 nitrogen and oxygen atoms in total. The van der Waals surface area contributed by atoms with Gasteiger partial charge in [-0.1, -0.05) is 54.6 Å². The van der Waals surface area contributed by atoms with Crippen molar-refractivity contribution in [3.05, 3.63) is 54.1 Å². The number of benzene rings is 1. The average molecular weight is 202 g/mol. The highest BCUT2D eigenvalue weighted by molar-refractivity contribution is 5.71. The van der Waals surface area contributed by atoms with E-state index in [-0.39, 0.29) is 0 Å². The molecule has 0 saturated carbocycles. The smallest absolute Gasteiger partial charge is 0.310 e. The van der Waals surface area contributed by atoms with E-state index >= 15 is 0 Å². The number of carboxylic acids is 1. The Bertz CT molecular complexity index is 363. The highest BCUT2D eigenvalue weighted by atomic mass is 16.4. The molecule has 1 rings (SSSR count). The zero-order valence-corrected chi connectivity index (χ0v) is 8.63. The highest BCUT2D eigenvalue weighted by Crippen LogP contribution is 2.02. The van der Waals surface area contributed by atoms with Crippen LogP contribution in [0, 0.1) is 5.92 Å². The van der Waals surface area contributed by atoms with Gasteiger partial charge in [-0.05, 0) is 12.5 Å². The van der Waals surface area contributed by atoms with Crippen LogP contribution in [0.2, 0.25) is 0 Å².